The molecule has 0 radical (unpaired) electrons. The summed E-state index contributed by atoms with van der Waals surface area (Å²) in [5, 5.41) is -0.0693. The van der Waals surface area contributed by atoms with Gasteiger partial charge in [0, 0.05) is 34.0 Å². The van der Waals surface area contributed by atoms with E-state index in [-0.39, 0.29) is 30.0 Å². The molecule has 7 nitrogen and oxygen atoms in total. The number of carbonyl (C=O) groups is 1. The topological polar surface area (TPSA) is 69.5 Å². The Morgan fingerprint density at radius 2 is 2.58 bits per heavy atom. The largest absolute Gasteiger partial charge is 0.354 e. The van der Waals surface area contributed by atoms with Gasteiger partial charge in [0.25, 0.3) is 6.54 Å². The first-order chi connectivity index (χ1) is 15.1. The van der Waals surface area contributed by atoms with E-state index in [1.54, 1.807) is 6.92 Å². The number of fused-ring (bicyclic) bond motifs is 1. The smallest absolute Gasteiger partial charge is 0.302 e. The normalized spacial score (nSPS) is 30.4. The minimum absolute atomic E-state index is 0.00697. The van der Waals surface area contributed by atoms with Crippen LogP contribution in [-0.2, 0) is 4.79 Å². The Morgan fingerprint density at radius 3 is 3.33 bits per heavy atom. The number of rotatable bonds is 3. The van der Waals surface area contributed by atoms with E-state index in [4.69, 9.17) is 17.5 Å². The third kappa shape index (κ3) is 2.92. The van der Waals surface area contributed by atoms with Crippen molar-refractivity contribution in [3.05, 3.63) is 29.5 Å². The Balaban J connectivity index is 2.31. The number of likely N-dealkylation sites (N-methyl/N-ethyl adjacent to an activating group) is 1. The number of aromatic nitrogens is 3. The quantitative estimate of drug-likeness (QED) is 0.869. The van der Waals surface area contributed by atoms with Gasteiger partial charge in [-0.05, 0) is 25.3 Å². The minimum Gasteiger partial charge on any atom is -0.354 e. The van der Waals surface area contributed by atoms with E-state index in [0.29, 0.717) is 10.6 Å². The summed E-state index contributed by atoms with van der Waals surface area (Å²) in [6.45, 7) is 1.40. The van der Waals surface area contributed by atoms with Crippen LogP contribution in [0.25, 0.3) is 15.9 Å². The number of H-pyrrole nitrogens is 1. The number of aromatic amines is 1. The monoisotopic (exact) mass is 335 g/mol. The number of nitrogens with zero attached hydrogens (tertiary/aromatic N) is 5. The molecule has 1 N–H and O–H groups in total. The van der Waals surface area contributed by atoms with Crippen molar-refractivity contribution in [2.45, 2.75) is 26.2 Å². The van der Waals surface area contributed by atoms with Gasteiger partial charge in [-0.25, -0.2) is 16.5 Å². The summed E-state index contributed by atoms with van der Waals surface area (Å²) in [6.07, 6.45) is -0.795. The fraction of sp³-hybridized carbons (Fsp3) is 0.529. The predicted molar refractivity (Wildman–Crippen MR) is 92.6 cm³/mol. The molecule has 2 aromatic rings. The van der Waals surface area contributed by atoms with Gasteiger partial charge in [0.1, 0.15) is 19.1 Å². The molecule has 1 amide bonds. The summed E-state index contributed by atoms with van der Waals surface area (Å²) in [5.41, 5.74) is 0.327. The van der Waals surface area contributed by atoms with E-state index >= 15 is 0 Å². The highest BCUT2D eigenvalue weighted by Gasteiger charge is 2.33. The lowest BCUT2D eigenvalue weighted by Crippen LogP contribution is -2.53. The molecule has 1 fully saturated rings. The number of nitrogens with one attached hydrogen (secondary N) is 1. The van der Waals surface area contributed by atoms with Gasteiger partial charge in [0.15, 0.2) is 0 Å². The lowest BCUT2D eigenvalue weighted by molar-refractivity contribution is -0.130. The number of hydrogen-bond acceptors (Lipinski definition) is 4. The maximum absolute atomic E-state index is 12.4. The van der Waals surface area contributed by atoms with E-state index in [9.17, 15) is 6.17 Å². The van der Waals surface area contributed by atoms with Crippen molar-refractivity contribution in [3.8, 4) is 0 Å². The van der Waals surface area contributed by atoms with Crippen molar-refractivity contribution in [1.29, 1.82) is 0 Å². The summed E-state index contributed by atoms with van der Waals surface area (Å²) in [5.74, 6) is -2.61. The van der Waals surface area contributed by atoms with Crippen LogP contribution in [-0.4, -0.2) is 58.4 Å². The fourth-order valence-electron chi connectivity index (χ4n) is 2.68. The van der Waals surface area contributed by atoms with Crippen LogP contribution >= 0.6 is 0 Å². The molecule has 0 saturated carbocycles. The van der Waals surface area contributed by atoms with Crippen molar-refractivity contribution >= 4 is 22.8 Å². The second-order valence-electron chi connectivity index (χ2n) is 5.55. The van der Waals surface area contributed by atoms with Crippen LogP contribution in [0, 0.1) is 19.4 Å². The van der Waals surface area contributed by atoms with Crippen molar-refractivity contribution in [1.82, 2.24) is 19.9 Å². The van der Waals surface area contributed by atoms with Gasteiger partial charge in [0.05, 0.1) is 14.1 Å². The zero-order valence-electron chi connectivity index (χ0n) is 22.1. The molecule has 2 aromatic heterocycles. The van der Waals surface area contributed by atoms with Gasteiger partial charge in [-0.15, -0.1) is 0 Å². The summed E-state index contributed by atoms with van der Waals surface area (Å²) in [7, 11) is 0. The summed E-state index contributed by atoms with van der Waals surface area (Å²) >= 11 is 0. The molecule has 24 heavy (non-hydrogen) atoms. The maximum atomic E-state index is 12.4. The van der Waals surface area contributed by atoms with Crippen LogP contribution in [0.5, 0.6) is 0 Å². The Bertz CT molecular complexity index is 1120. The SMILES string of the molecule is [2H]c1nc(N(C([2H])([2H])[2H])[C@@]2([2H])CN(C(=O)C[N+]#[C-])CC[C@H]2C([2H])([2H])[2H])c2c([2H])c(C)[nH]c2n1. The van der Waals surface area contributed by atoms with Crippen molar-refractivity contribution in [3.63, 3.8) is 0 Å². The minimum atomic E-state index is -3.12. The number of amides is 1. The van der Waals surface area contributed by atoms with Crippen molar-refractivity contribution < 1.29 is 17.1 Å². The lowest BCUT2D eigenvalue weighted by atomic mass is 9.92. The van der Waals surface area contributed by atoms with Gasteiger partial charge in [0.2, 0.25) is 0 Å². The van der Waals surface area contributed by atoms with E-state index < -0.39 is 56.9 Å². The molecule has 0 aliphatic carbocycles. The van der Waals surface area contributed by atoms with Gasteiger partial charge in [-0.2, -0.15) is 0 Å². The first-order valence-corrected chi connectivity index (χ1v) is 7.36. The van der Waals surface area contributed by atoms with E-state index in [1.807, 2.05) is 0 Å². The highest BCUT2D eigenvalue weighted by atomic mass is 16.2. The number of hydrogen-bond donors (Lipinski definition) is 1. The second-order valence-corrected chi connectivity index (χ2v) is 5.55. The molecular weight excluding hydrogens is 304 g/mol. The first-order valence-electron chi connectivity index (χ1n) is 11.9. The Kier molecular flexibility index (Phi) is 2.29. The maximum Gasteiger partial charge on any atom is 0.302 e. The lowest BCUT2D eigenvalue weighted by Gasteiger charge is -2.41. The van der Waals surface area contributed by atoms with Crippen LogP contribution in [0.3, 0.4) is 0 Å². The molecule has 0 aromatic carbocycles. The standard InChI is InChI=1S/C17H22N6O/c1-11-5-6-23(15(24)8-18-3)9-14(11)22(4)17-13-7-12(2)21-16(13)19-10-20-17/h7,10-11,14H,5-6,8-9H2,1-2,4H3,(H,19,20,21)/t11-,14+/m1/s1/i1D3,4D3,7D,10D,14D. The number of anilines is 1. The van der Waals surface area contributed by atoms with Gasteiger partial charge in [-0.1, -0.05) is 6.85 Å². The number of aryl methyl sites for hydroxylation is 1. The van der Waals surface area contributed by atoms with Crippen LogP contribution in [0.2, 0.25) is 0 Å². The molecule has 1 saturated heterocycles. The third-order valence-corrected chi connectivity index (χ3v) is 3.91. The molecule has 3 rings (SSSR count). The number of carbonyl (C=O) groups excluding carboxylic acids is 1. The van der Waals surface area contributed by atoms with Crippen LogP contribution in [0.15, 0.2) is 12.3 Å². The predicted octanol–water partition coefficient (Wildman–Crippen LogP) is 1.86. The fourth-order valence-corrected chi connectivity index (χ4v) is 2.68. The number of likely N-dealkylation sites (tertiary alicyclic amines) is 1. The molecule has 126 valence electrons. The molecule has 1 aliphatic heterocycles. The Morgan fingerprint density at radius 1 is 1.71 bits per heavy atom. The van der Waals surface area contributed by atoms with E-state index in [1.165, 1.54) is 0 Å². The van der Waals surface area contributed by atoms with Crippen LogP contribution in [0.4, 0.5) is 5.82 Å². The van der Waals surface area contributed by atoms with E-state index in [0.717, 1.165) is 4.90 Å². The van der Waals surface area contributed by atoms with Gasteiger partial charge < -0.3 is 19.6 Å². The molecule has 3 heterocycles. The van der Waals surface area contributed by atoms with Crippen molar-refractivity contribution in [2.24, 2.45) is 5.92 Å². The summed E-state index contributed by atoms with van der Waals surface area (Å²) < 4.78 is 73.9. The zero-order chi connectivity index (χ0) is 24.9. The molecule has 0 bridgehead atoms. The summed E-state index contributed by atoms with van der Waals surface area (Å²) in [4.78, 5) is 27.6. The van der Waals surface area contributed by atoms with Gasteiger partial charge >= 0.3 is 5.91 Å². The molecule has 0 unspecified atom stereocenters. The van der Waals surface area contributed by atoms with Gasteiger partial charge in [-0.3, -0.25) is 4.79 Å². The third-order valence-electron chi connectivity index (χ3n) is 3.91. The average molecular weight is 335 g/mol. The molecule has 7 heteroatoms. The highest BCUT2D eigenvalue weighted by Crippen LogP contribution is 2.29. The van der Waals surface area contributed by atoms with Crippen LogP contribution in [0.1, 0.15) is 31.3 Å². The molecule has 0 spiro atoms. The summed E-state index contributed by atoms with van der Waals surface area (Å²) in [6, 6.07) is -2.59. The van der Waals surface area contributed by atoms with Crippen LogP contribution < -0.4 is 4.90 Å². The second kappa shape index (κ2) is 6.48. The molecule has 2 atom stereocenters. The first kappa shape index (κ1) is 8.47. The Labute approximate surface area is 154 Å². The van der Waals surface area contributed by atoms with E-state index in [2.05, 4.69) is 19.8 Å². The zero-order valence-corrected chi connectivity index (χ0v) is 13.1. The highest BCUT2D eigenvalue weighted by molar-refractivity contribution is 5.88. The van der Waals surface area contributed by atoms with Crippen molar-refractivity contribution in [2.75, 3.05) is 31.5 Å². The molecule has 1 aliphatic rings. The number of piperidine rings is 1. The molecular formula is C17H22N6O. The average Bonchev–Trinajstić information content (AvgIpc) is 2.93. The Hall–Kier alpha value is -2.62.